The lowest BCUT2D eigenvalue weighted by molar-refractivity contribution is 0.332. The van der Waals surface area contributed by atoms with E-state index >= 15 is 0 Å². The first kappa shape index (κ1) is 15.6. The van der Waals surface area contributed by atoms with E-state index in [-0.39, 0.29) is 5.56 Å². The van der Waals surface area contributed by atoms with E-state index in [1.165, 1.54) is 0 Å². The van der Waals surface area contributed by atoms with Gasteiger partial charge in [0.2, 0.25) is 5.95 Å². The van der Waals surface area contributed by atoms with Gasteiger partial charge in [-0.2, -0.15) is 5.10 Å². The van der Waals surface area contributed by atoms with E-state index in [0.717, 1.165) is 49.0 Å². The van der Waals surface area contributed by atoms with E-state index in [2.05, 4.69) is 20.0 Å². The van der Waals surface area contributed by atoms with Gasteiger partial charge in [-0.25, -0.2) is 14.6 Å². The van der Waals surface area contributed by atoms with Gasteiger partial charge in [0.1, 0.15) is 0 Å². The molecule has 0 atom stereocenters. The zero-order valence-electron chi connectivity index (χ0n) is 14.0. The lowest BCUT2D eigenvalue weighted by atomic mass is 9.97. The van der Waals surface area contributed by atoms with Crippen LogP contribution in [0.2, 0.25) is 0 Å². The van der Waals surface area contributed by atoms with Crippen molar-refractivity contribution in [3.8, 4) is 0 Å². The van der Waals surface area contributed by atoms with Gasteiger partial charge < -0.3 is 4.90 Å². The predicted octanol–water partition coefficient (Wildman–Crippen LogP) is 1.88. The number of hydrogen-bond acceptors (Lipinski definition) is 5. The van der Waals surface area contributed by atoms with Crippen LogP contribution in [0.1, 0.15) is 29.9 Å². The highest BCUT2D eigenvalue weighted by Crippen LogP contribution is 2.22. The first-order valence-electron chi connectivity index (χ1n) is 8.13. The Morgan fingerprint density at radius 1 is 1.04 bits per heavy atom. The predicted molar refractivity (Wildman–Crippen MR) is 89.7 cm³/mol. The summed E-state index contributed by atoms with van der Waals surface area (Å²) in [6.45, 7) is 8.46. The van der Waals surface area contributed by atoms with Gasteiger partial charge in [0.05, 0.1) is 5.69 Å². The van der Waals surface area contributed by atoms with Crippen LogP contribution in [0.15, 0.2) is 23.0 Å². The molecule has 1 fully saturated rings. The summed E-state index contributed by atoms with van der Waals surface area (Å²) in [6.07, 6.45) is 2.05. The van der Waals surface area contributed by atoms with Gasteiger partial charge in [-0.05, 0) is 51.7 Å². The van der Waals surface area contributed by atoms with Crippen molar-refractivity contribution in [3.63, 3.8) is 0 Å². The van der Waals surface area contributed by atoms with Gasteiger partial charge in [-0.1, -0.05) is 0 Å². The highest BCUT2D eigenvalue weighted by atomic mass is 16.1. The standard InChI is InChI=1S/C17H23N5O/c1-12-4-5-16(23)22(20-12)11-15-6-8-21(9-7-15)17-18-13(2)10-14(3)19-17/h4-5,10,15H,6-9,11H2,1-3H3. The van der Waals surface area contributed by atoms with Crippen molar-refractivity contribution in [3.05, 3.63) is 45.6 Å². The lowest BCUT2D eigenvalue weighted by Crippen LogP contribution is -2.37. The van der Waals surface area contributed by atoms with Crippen LogP contribution in [0, 0.1) is 26.7 Å². The summed E-state index contributed by atoms with van der Waals surface area (Å²) in [4.78, 5) is 23.2. The number of rotatable bonds is 3. The van der Waals surface area contributed by atoms with Crippen LogP contribution in [0.4, 0.5) is 5.95 Å². The fourth-order valence-corrected chi connectivity index (χ4v) is 3.09. The van der Waals surface area contributed by atoms with Crippen molar-refractivity contribution in [2.45, 2.75) is 40.2 Å². The van der Waals surface area contributed by atoms with Crippen molar-refractivity contribution < 1.29 is 0 Å². The van der Waals surface area contributed by atoms with Gasteiger partial charge >= 0.3 is 0 Å². The highest BCUT2D eigenvalue weighted by Gasteiger charge is 2.22. The first-order chi connectivity index (χ1) is 11.0. The molecular formula is C17H23N5O. The largest absolute Gasteiger partial charge is 0.341 e. The molecule has 1 aliphatic heterocycles. The zero-order valence-corrected chi connectivity index (χ0v) is 14.0. The average Bonchev–Trinajstić information content (AvgIpc) is 2.51. The van der Waals surface area contributed by atoms with Crippen LogP contribution in [0.25, 0.3) is 0 Å². The molecule has 2 aromatic rings. The highest BCUT2D eigenvalue weighted by molar-refractivity contribution is 5.32. The second-order valence-corrected chi connectivity index (χ2v) is 6.38. The van der Waals surface area contributed by atoms with Crippen molar-refractivity contribution in [1.29, 1.82) is 0 Å². The van der Waals surface area contributed by atoms with Gasteiger partial charge in [-0.3, -0.25) is 4.79 Å². The Labute approximate surface area is 136 Å². The van der Waals surface area contributed by atoms with Gasteiger partial charge in [0.15, 0.2) is 0 Å². The van der Waals surface area contributed by atoms with Crippen molar-refractivity contribution in [1.82, 2.24) is 19.7 Å². The molecule has 122 valence electrons. The van der Waals surface area contributed by atoms with E-state index in [1.54, 1.807) is 16.8 Å². The number of aryl methyl sites for hydroxylation is 3. The average molecular weight is 313 g/mol. The molecule has 0 saturated carbocycles. The Kier molecular flexibility index (Phi) is 4.41. The molecule has 0 aromatic carbocycles. The maximum atomic E-state index is 11.9. The van der Waals surface area contributed by atoms with Crippen LogP contribution in [0.3, 0.4) is 0 Å². The molecule has 0 spiro atoms. The van der Waals surface area contributed by atoms with Gasteiger partial charge in [-0.15, -0.1) is 0 Å². The summed E-state index contributed by atoms with van der Waals surface area (Å²) in [5.41, 5.74) is 2.87. The molecule has 0 N–H and O–H groups in total. The minimum absolute atomic E-state index is 0.0179. The number of hydrogen-bond donors (Lipinski definition) is 0. The smallest absolute Gasteiger partial charge is 0.266 e. The number of nitrogens with zero attached hydrogens (tertiary/aromatic N) is 5. The van der Waals surface area contributed by atoms with E-state index < -0.39 is 0 Å². The molecule has 1 saturated heterocycles. The summed E-state index contributed by atoms with van der Waals surface area (Å²) < 4.78 is 1.60. The maximum absolute atomic E-state index is 11.9. The summed E-state index contributed by atoms with van der Waals surface area (Å²) in [5, 5.41) is 4.33. The monoisotopic (exact) mass is 313 g/mol. The second kappa shape index (κ2) is 6.48. The Hall–Kier alpha value is -2.24. The molecule has 0 amide bonds. The molecule has 0 bridgehead atoms. The quantitative estimate of drug-likeness (QED) is 0.865. The van der Waals surface area contributed by atoms with E-state index in [0.29, 0.717) is 12.5 Å². The zero-order chi connectivity index (χ0) is 16.4. The molecule has 6 nitrogen and oxygen atoms in total. The van der Waals surface area contributed by atoms with E-state index in [9.17, 15) is 4.79 Å². The summed E-state index contributed by atoms with van der Waals surface area (Å²) in [7, 11) is 0. The Balaban J connectivity index is 1.64. The SMILES string of the molecule is Cc1cc(C)nc(N2CCC(Cn3nc(C)ccc3=O)CC2)n1. The molecule has 3 rings (SSSR count). The molecule has 0 aliphatic carbocycles. The lowest BCUT2D eigenvalue weighted by Gasteiger charge is -2.32. The van der Waals surface area contributed by atoms with Gasteiger partial charge in [0.25, 0.3) is 5.56 Å². The molecule has 6 heteroatoms. The van der Waals surface area contributed by atoms with Gasteiger partial charge in [0, 0.05) is 37.1 Å². The third kappa shape index (κ3) is 3.75. The Morgan fingerprint density at radius 3 is 2.35 bits per heavy atom. The summed E-state index contributed by atoms with van der Waals surface area (Å²) in [5.74, 6) is 1.30. The third-order valence-corrected chi connectivity index (χ3v) is 4.30. The normalized spacial score (nSPS) is 15.9. The fourth-order valence-electron chi connectivity index (χ4n) is 3.09. The van der Waals surface area contributed by atoms with E-state index in [1.807, 2.05) is 26.8 Å². The minimum atomic E-state index is -0.0179. The topological polar surface area (TPSA) is 63.9 Å². The van der Waals surface area contributed by atoms with Crippen LogP contribution in [-0.2, 0) is 6.54 Å². The second-order valence-electron chi connectivity index (χ2n) is 6.38. The maximum Gasteiger partial charge on any atom is 0.266 e. The molecular weight excluding hydrogens is 290 g/mol. The summed E-state index contributed by atoms with van der Waals surface area (Å²) >= 11 is 0. The molecule has 23 heavy (non-hydrogen) atoms. The first-order valence-corrected chi connectivity index (χ1v) is 8.13. The van der Waals surface area contributed by atoms with Crippen LogP contribution in [0.5, 0.6) is 0 Å². The number of piperidine rings is 1. The molecule has 2 aromatic heterocycles. The fraction of sp³-hybridized carbons (Fsp3) is 0.529. The molecule has 1 aliphatic rings. The van der Waals surface area contributed by atoms with Crippen LogP contribution >= 0.6 is 0 Å². The van der Waals surface area contributed by atoms with Crippen molar-refractivity contribution in [2.24, 2.45) is 5.92 Å². The molecule has 0 radical (unpaired) electrons. The molecule has 0 unspecified atom stereocenters. The van der Waals surface area contributed by atoms with Crippen molar-refractivity contribution in [2.75, 3.05) is 18.0 Å². The Bertz CT molecular complexity index is 727. The number of anilines is 1. The van der Waals surface area contributed by atoms with Crippen LogP contribution < -0.4 is 10.5 Å². The minimum Gasteiger partial charge on any atom is -0.341 e. The molecule has 3 heterocycles. The Morgan fingerprint density at radius 2 is 1.70 bits per heavy atom. The summed E-state index contributed by atoms with van der Waals surface area (Å²) in [6, 6.07) is 5.35. The van der Waals surface area contributed by atoms with Crippen molar-refractivity contribution >= 4 is 5.95 Å². The van der Waals surface area contributed by atoms with Crippen LogP contribution in [-0.4, -0.2) is 32.8 Å². The number of aromatic nitrogens is 4. The van der Waals surface area contributed by atoms with E-state index in [4.69, 9.17) is 0 Å². The third-order valence-electron chi connectivity index (χ3n) is 4.30.